The van der Waals surface area contributed by atoms with E-state index in [9.17, 15) is 15.2 Å². The normalized spacial score (nSPS) is 16.5. The smallest absolute Gasteiger partial charge is 0.246 e. The Hall–Kier alpha value is -3.47. The third-order valence-electron chi connectivity index (χ3n) is 5.34. The maximum absolute atomic E-state index is 11.8. The van der Waals surface area contributed by atoms with Gasteiger partial charge in [0.05, 0.1) is 12.2 Å². The average Bonchev–Trinajstić information content (AvgIpc) is 3.11. The predicted molar refractivity (Wildman–Crippen MR) is 105 cm³/mol. The van der Waals surface area contributed by atoms with Crippen molar-refractivity contribution in [2.45, 2.75) is 13.1 Å². The second-order valence-corrected chi connectivity index (χ2v) is 6.89. The third-order valence-corrected chi connectivity index (χ3v) is 5.34. The van der Waals surface area contributed by atoms with Gasteiger partial charge in [-0.3, -0.25) is 4.79 Å². The standard InChI is InChI=1S/C20H22N6O2/c1-2-19(28)23-7-9-24(10-8-23)20-15(13-21)22-18-14-25(11-12-26(18)20)16-5-3-4-6-17(16)27/h2-6,27H,1,7-12,14H2. The molecule has 8 heteroatoms. The minimum absolute atomic E-state index is 0.0613. The summed E-state index contributed by atoms with van der Waals surface area (Å²) in [5, 5.41) is 19.8. The minimum atomic E-state index is -0.0613. The van der Waals surface area contributed by atoms with Gasteiger partial charge in [-0.25, -0.2) is 4.98 Å². The van der Waals surface area contributed by atoms with E-state index >= 15 is 0 Å². The van der Waals surface area contributed by atoms with Crippen LogP contribution in [0.4, 0.5) is 11.5 Å². The van der Waals surface area contributed by atoms with E-state index in [0.717, 1.165) is 17.3 Å². The number of nitrogens with zero attached hydrogens (tertiary/aromatic N) is 6. The van der Waals surface area contributed by atoms with Crippen molar-refractivity contribution in [3.05, 3.63) is 48.4 Å². The number of fused-ring (bicyclic) bond motifs is 1. The second-order valence-electron chi connectivity index (χ2n) is 6.89. The fourth-order valence-corrected chi connectivity index (χ4v) is 3.92. The Morgan fingerprint density at radius 2 is 1.86 bits per heavy atom. The van der Waals surface area contributed by atoms with Crippen LogP contribution in [0, 0.1) is 11.3 Å². The van der Waals surface area contributed by atoms with E-state index in [0.29, 0.717) is 51.5 Å². The first-order valence-electron chi connectivity index (χ1n) is 9.31. The molecular weight excluding hydrogens is 356 g/mol. The minimum Gasteiger partial charge on any atom is -0.506 e. The van der Waals surface area contributed by atoms with Gasteiger partial charge in [-0.2, -0.15) is 5.26 Å². The number of para-hydroxylation sites is 2. The van der Waals surface area contributed by atoms with E-state index in [4.69, 9.17) is 0 Å². The lowest BCUT2D eigenvalue weighted by molar-refractivity contribution is -0.126. The summed E-state index contributed by atoms with van der Waals surface area (Å²) in [6, 6.07) is 9.47. The fraction of sp³-hybridized carbons (Fsp3) is 0.350. The molecule has 0 radical (unpaired) electrons. The quantitative estimate of drug-likeness (QED) is 0.811. The number of carbonyl (C=O) groups is 1. The number of phenols is 1. The van der Waals surface area contributed by atoms with Crippen molar-refractivity contribution in [1.82, 2.24) is 14.5 Å². The van der Waals surface area contributed by atoms with Gasteiger partial charge in [0.1, 0.15) is 23.5 Å². The van der Waals surface area contributed by atoms with Gasteiger partial charge in [0.15, 0.2) is 5.69 Å². The lowest BCUT2D eigenvalue weighted by atomic mass is 10.2. The van der Waals surface area contributed by atoms with E-state index in [2.05, 4.69) is 32.0 Å². The van der Waals surface area contributed by atoms with Crippen LogP contribution < -0.4 is 9.80 Å². The van der Waals surface area contributed by atoms with Crippen LogP contribution in [-0.4, -0.2) is 58.2 Å². The van der Waals surface area contributed by atoms with Crippen LogP contribution in [0.15, 0.2) is 36.9 Å². The molecule has 0 aliphatic carbocycles. The van der Waals surface area contributed by atoms with Crippen molar-refractivity contribution in [3.8, 4) is 11.8 Å². The Kier molecular flexibility index (Phi) is 4.65. The van der Waals surface area contributed by atoms with Gasteiger partial charge < -0.3 is 24.4 Å². The van der Waals surface area contributed by atoms with E-state index in [1.54, 1.807) is 17.0 Å². The van der Waals surface area contributed by atoms with Gasteiger partial charge in [0.25, 0.3) is 0 Å². The Morgan fingerprint density at radius 3 is 2.54 bits per heavy atom. The summed E-state index contributed by atoms with van der Waals surface area (Å²) in [5.74, 6) is 1.82. The molecule has 3 heterocycles. The Labute approximate surface area is 163 Å². The molecule has 1 amide bonds. The molecule has 1 fully saturated rings. The van der Waals surface area contributed by atoms with E-state index < -0.39 is 0 Å². The number of hydrogen-bond donors (Lipinski definition) is 1. The van der Waals surface area contributed by atoms with Crippen molar-refractivity contribution in [1.29, 1.82) is 5.26 Å². The molecule has 4 rings (SSSR count). The molecule has 0 bridgehead atoms. The van der Waals surface area contributed by atoms with E-state index in [-0.39, 0.29) is 11.7 Å². The molecule has 8 nitrogen and oxygen atoms in total. The first-order chi connectivity index (χ1) is 13.6. The molecule has 0 saturated carbocycles. The topological polar surface area (TPSA) is 88.6 Å². The summed E-state index contributed by atoms with van der Waals surface area (Å²) in [6.45, 7) is 7.97. The number of benzene rings is 1. The van der Waals surface area contributed by atoms with E-state index in [1.165, 1.54) is 6.08 Å². The zero-order valence-corrected chi connectivity index (χ0v) is 15.6. The maximum Gasteiger partial charge on any atom is 0.246 e. The van der Waals surface area contributed by atoms with Crippen molar-refractivity contribution in [3.63, 3.8) is 0 Å². The van der Waals surface area contributed by atoms with Gasteiger partial charge in [-0.05, 0) is 18.2 Å². The third kappa shape index (κ3) is 3.05. The van der Waals surface area contributed by atoms with Gasteiger partial charge in [-0.1, -0.05) is 18.7 Å². The highest BCUT2D eigenvalue weighted by Crippen LogP contribution is 2.32. The summed E-state index contributed by atoms with van der Waals surface area (Å²) in [7, 11) is 0. The van der Waals surface area contributed by atoms with Crippen LogP contribution in [0.1, 0.15) is 11.5 Å². The van der Waals surface area contributed by atoms with Crippen molar-refractivity contribution >= 4 is 17.4 Å². The molecule has 1 N–H and O–H groups in total. The lowest BCUT2D eigenvalue weighted by Crippen LogP contribution is -2.49. The largest absolute Gasteiger partial charge is 0.506 e. The number of amides is 1. The SMILES string of the molecule is C=CC(=O)N1CCN(c2c(C#N)nc3n2CCN(c2ccccc2O)C3)CC1. The van der Waals surface area contributed by atoms with Gasteiger partial charge in [-0.15, -0.1) is 0 Å². The molecule has 2 aliphatic heterocycles. The molecule has 144 valence electrons. The van der Waals surface area contributed by atoms with Crippen molar-refractivity contribution in [2.24, 2.45) is 0 Å². The molecule has 1 saturated heterocycles. The van der Waals surface area contributed by atoms with Crippen LogP contribution in [0.5, 0.6) is 5.75 Å². The average molecular weight is 378 g/mol. The highest BCUT2D eigenvalue weighted by molar-refractivity contribution is 5.87. The number of aromatic nitrogens is 2. The van der Waals surface area contributed by atoms with Crippen LogP contribution in [0.3, 0.4) is 0 Å². The Balaban J connectivity index is 1.57. The number of carbonyl (C=O) groups excluding carboxylic acids is 1. The van der Waals surface area contributed by atoms with Crippen LogP contribution >= 0.6 is 0 Å². The Bertz CT molecular complexity index is 952. The number of imidazole rings is 1. The predicted octanol–water partition coefficient (Wildman–Crippen LogP) is 1.32. The molecule has 2 aliphatic rings. The summed E-state index contributed by atoms with van der Waals surface area (Å²) >= 11 is 0. The first kappa shape index (κ1) is 17.9. The zero-order chi connectivity index (χ0) is 19.7. The van der Waals surface area contributed by atoms with Crippen molar-refractivity contribution < 1.29 is 9.90 Å². The number of nitriles is 1. The molecule has 0 unspecified atom stereocenters. The number of hydrogen-bond acceptors (Lipinski definition) is 6. The van der Waals surface area contributed by atoms with Gasteiger partial charge in [0.2, 0.25) is 5.91 Å². The maximum atomic E-state index is 11.8. The van der Waals surface area contributed by atoms with Gasteiger partial charge in [0, 0.05) is 39.3 Å². The molecule has 0 spiro atoms. The van der Waals surface area contributed by atoms with Crippen LogP contribution in [-0.2, 0) is 17.9 Å². The monoisotopic (exact) mass is 378 g/mol. The first-order valence-corrected chi connectivity index (χ1v) is 9.31. The number of rotatable bonds is 3. The highest BCUT2D eigenvalue weighted by atomic mass is 16.3. The molecule has 1 aromatic heterocycles. The molecular formula is C20H22N6O2. The zero-order valence-electron chi connectivity index (χ0n) is 15.6. The molecule has 2 aromatic rings. The number of piperazine rings is 1. The number of phenolic OH excluding ortho intramolecular Hbond substituents is 1. The fourth-order valence-electron chi connectivity index (χ4n) is 3.92. The van der Waals surface area contributed by atoms with Crippen LogP contribution in [0.2, 0.25) is 0 Å². The lowest BCUT2D eigenvalue weighted by Gasteiger charge is -2.37. The van der Waals surface area contributed by atoms with E-state index in [1.807, 2.05) is 12.1 Å². The number of anilines is 2. The summed E-state index contributed by atoms with van der Waals surface area (Å²) < 4.78 is 2.10. The molecule has 1 aromatic carbocycles. The molecule has 28 heavy (non-hydrogen) atoms. The molecule has 0 atom stereocenters. The second kappa shape index (κ2) is 7.27. The van der Waals surface area contributed by atoms with Crippen molar-refractivity contribution in [2.75, 3.05) is 42.5 Å². The van der Waals surface area contributed by atoms with Crippen LogP contribution in [0.25, 0.3) is 0 Å². The summed E-state index contributed by atoms with van der Waals surface area (Å²) in [4.78, 5) is 22.3. The Morgan fingerprint density at radius 1 is 1.14 bits per heavy atom. The highest BCUT2D eigenvalue weighted by Gasteiger charge is 2.30. The summed E-state index contributed by atoms with van der Waals surface area (Å²) in [6.07, 6.45) is 1.34. The summed E-state index contributed by atoms with van der Waals surface area (Å²) in [5.41, 5.74) is 1.19. The van der Waals surface area contributed by atoms with Gasteiger partial charge >= 0.3 is 0 Å². The number of aromatic hydroxyl groups is 1.